The number of sulfone groups is 1. The van der Waals surface area contributed by atoms with E-state index in [1.54, 1.807) is 0 Å². The molecule has 0 radical (unpaired) electrons. The molecule has 18 heteroatoms. The zero-order valence-corrected chi connectivity index (χ0v) is 19.0. The van der Waals surface area contributed by atoms with Gasteiger partial charge in [0.15, 0.2) is 14.9 Å². The Hall–Kier alpha value is -2.53. The summed E-state index contributed by atoms with van der Waals surface area (Å²) in [4.78, 5) is 0. The number of rotatable bonds is 5. The quantitative estimate of drug-likeness (QED) is 0.345. The van der Waals surface area contributed by atoms with Gasteiger partial charge in [0.1, 0.15) is 16.6 Å². The lowest BCUT2D eigenvalue weighted by Crippen LogP contribution is -2.24. The van der Waals surface area contributed by atoms with E-state index >= 15 is 0 Å². The van der Waals surface area contributed by atoms with Gasteiger partial charge in [0.05, 0.1) is 11.3 Å². The van der Waals surface area contributed by atoms with Gasteiger partial charge in [-0.25, -0.2) is 8.42 Å². The van der Waals surface area contributed by atoms with Crippen LogP contribution in [0.4, 0.5) is 32.0 Å². The fraction of sp³-hybridized carbons (Fsp3) is 0.333. The molecule has 1 N–H and O–H groups in total. The highest BCUT2D eigenvalue weighted by Gasteiger charge is 2.46. The zero-order chi connectivity index (χ0) is 25.6. The molecule has 0 bridgehead atoms. The Balaban J connectivity index is 2.51. The van der Waals surface area contributed by atoms with Gasteiger partial charge in [-0.05, 0) is 19.1 Å². The summed E-state index contributed by atoms with van der Waals surface area (Å²) in [5.41, 5.74) is -8.06. The van der Waals surface area contributed by atoms with Gasteiger partial charge in [0, 0.05) is 19.4 Å². The van der Waals surface area contributed by atoms with Crippen molar-refractivity contribution in [1.29, 1.82) is 0 Å². The Kier molecular flexibility index (Phi) is 7.03. The number of sulfonamides is 1. The maximum atomic E-state index is 13.3. The predicted molar refractivity (Wildman–Crippen MR) is 105 cm³/mol. The second kappa shape index (κ2) is 8.68. The number of hydrogen-bond donors (Lipinski definition) is 1. The minimum absolute atomic E-state index is 0.392. The van der Waals surface area contributed by atoms with E-state index in [1.165, 1.54) is 7.05 Å². The largest absolute Gasteiger partial charge is 0.518 e. The molecule has 0 amide bonds. The maximum absolute atomic E-state index is 13.3. The van der Waals surface area contributed by atoms with Crippen LogP contribution >= 0.6 is 11.6 Å². The minimum atomic E-state index is -6.02. The average Bonchev–Trinajstić information content (AvgIpc) is 2.85. The van der Waals surface area contributed by atoms with Crippen LogP contribution in [0.3, 0.4) is 0 Å². The third kappa shape index (κ3) is 6.08. The molecule has 1 aromatic heterocycles. The summed E-state index contributed by atoms with van der Waals surface area (Å²) in [7, 11) is -8.65. The lowest BCUT2D eigenvalue weighted by atomic mass is 10.1. The molecule has 2 rings (SSSR count). The van der Waals surface area contributed by atoms with Crippen molar-refractivity contribution < 1.29 is 47.9 Å². The van der Waals surface area contributed by atoms with Crippen LogP contribution in [0.25, 0.3) is 0 Å². The lowest BCUT2D eigenvalue weighted by molar-refractivity contribution is -0.136. The first kappa shape index (κ1) is 26.7. The normalized spacial score (nSPS) is 13.8. The van der Waals surface area contributed by atoms with Crippen molar-refractivity contribution in [2.24, 2.45) is 11.4 Å². The molecule has 0 aliphatic carbocycles. The van der Waals surface area contributed by atoms with Crippen LogP contribution in [-0.2, 0) is 33.1 Å². The Bertz CT molecular complexity index is 1320. The molecule has 1 heterocycles. The highest BCUT2D eigenvalue weighted by molar-refractivity contribution is 7.91. The Morgan fingerprint density at radius 3 is 2.18 bits per heavy atom. The van der Waals surface area contributed by atoms with Gasteiger partial charge in [-0.1, -0.05) is 11.6 Å². The van der Waals surface area contributed by atoms with Gasteiger partial charge in [0.25, 0.3) is 5.88 Å². The van der Waals surface area contributed by atoms with E-state index in [4.69, 9.17) is 16.3 Å². The summed E-state index contributed by atoms with van der Waals surface area (Å²) in [6, 6.07) is 1.95. The van der Waals surface area contributed by atoms with Gasteiger partial charge in [-0.15, -0.1) is 9.50 Å². The van der Waals surface area contributed by atoms with Crippen molar-refractivity contribution in [3.8, 4) is 11.6 Å². The molecule has 1 aromatic carbocycles. The SMILES string of the molecule is C/C(=N\S(=O)(=O)C(F)(F)F)Nc1cc(Oc2nn(C)c(S(C)(=O)=O)c2Cl)ccc1C(F)(F)F. The van der Waals surface area contributed by atoms with Crippen molar-refractivity contribution >= 4 is 43.0 Å². The number of nitrogens with zero attached hydrogens (tertiary/aromatic N) is 3. The number of alkyl halides is 6. The molecule has 0 fully saturated rings. The summed E-state index contributed by atoms with van der Waals surface area (Å²) in [5, 5.41) is 4.66. The van der Waals surface area contributed by atoms with Crippen molar-refractivity contribution in [1.82, 2.24) is 9.78 Å². The van der Waals surface area contributed by atoms with Crippen LogP contribution in [0.2, 0.25) is 5.02 Å². The Labute approximate surface area is 188 Å². The van der Waals surface area contributed by atoms with Crippen LogP contribution in [-0.4, -0.2) is 44.2 Å². The third-order valence-corrected chi connectivity index (χ3v) is 6.36. The van der Waals surface area contributed by atoms with Gasteiger partial charge >= 0.3 is 21.7 Å². The van der Waals surface area contributed by atoms with Crippen molar-refractivity contribution in [2.75, 3.05) is 11.6 Å². The van der Waals surface area contributed by atoms with Crippen LogP contribution < -0.4 is 10.1 Å². The first-order chi connectivity index (χ1) is 14.7. The highest BCUT2D eigenvalue weighted by Crippen LogP contribution is 2.39. The molecule has 0 atom stereocenters. The molecule has 2 aromatic rings. The van der Waals surface area contributed by atoms with Crippen molar-refractivity contribution in [3.63, 3.8) is 0 Å². The highest BCUT2D eigenvalue weighted by atomic mass is 35.5. The molecule has 0 saturated carbocycles. The average molecular weight is 543 g/mol. The van der Waals surface area contributed by atoms with Gasteiger partial charge in [0.2, 0.25) is 0 Å². The first-order valence-corrected chi connectivity index (χ1v) is 11.9. The summed E-state index contributed by atoms with van der Waals surface area (Å²) in [6.45, 7) is 0.699. The summed E-state index contributed by atoms with van der Waals surface area (Å²) < 4.78 is 132. The molecule has 0 aliphatic heterocycles. The fourth-order valence-electron chi connectivity index (χ4n) is 2.43. The molecule has 9 nitrogen and oxygen atoms in total. The first-order valence-electron chi connectivity index (χ1n) is 8.20. The van der Waals surface area contributed by atoms with Gasteiger partial charge < -0.3 is 10.1 Å². The molecule has 33 heavy (non-hydrogen) atoms. The zero-order valence-electron chi connectivity index (χ0n) is 16.6. The maximum Gasteiger partial charge on any atom is 0.518 e. The number of amidine groups is 1. The number of anilines is 1. The minimum Gasteiger partial charge on any atom is -0.436 e. The second-order valence-electron chi connectivity index (χ2n) is 6.35. The van der Waals surface area contributed by atoms with Crippen LogP contribution in [0, 0.1) is 0 Å². The van der Waals surface area contributed by atoms with E-state index < -0.39 is 70.3 Å². The molecule has 0 spiro atoms. The van der Waals surface area contributed by atoms with Crippen LogP contribution in [0.1, 0.15) is 12.5 Å². The Morgan fingerprint density at radius 1 is 1.15 bits per heavy atom. The number of nitrogens with one attached hydrogen (secondary N) is 1. The lowest BCUT2D eigenvalue weighted by Gasteiger charge is -2.16. The van der Waals surface area contributed by atoms with Crippen LogP contribution in [0.5, 0.6) is 11.6 Å². The van der Waals surface area contributed by atoms with Crippen molar-refractivity contribution in [2.45, 2.75) is 23.6 Å². The van der Waals surface area contributed by atoms with Gasteiger partial charge in [-0.2, -0.15) is 34.8 Å². The fourth-order valence-corrected chi connectivity index (χ4v) is 4.49. The molecular formula is C15H13ClF6N4O5S2. The number of ether oxygens (including phenoxy) is 1. The molecular weight excluding hydrogens is 530 g/mol. The topological polar surface area (TPSA) is 120 Å². The summed E-state index contributed by atoms with van der Waals surface area (Å²) >= 11 is 5.93. The summed E-state index contributed by atoms with van der Waals surface area (Å²) in [5.74, 6) is -1.91. The number of aromatic nitrogens is 2. The van der Waals surface area contributed by atoms with E-state index in [2.05, 4.69) is 9.50 Å². The monoisotopic (exact) mass is 542 g/mol. The Morgan fingerprint density at radius 2 is 1.73 bits per heavy atom. The third-order valence-electron chi connectivity index (χ3n) is 3.64. The van der Waals surface area contributed by atoms with E-state index in [1.807, 2.05) is 5.32 Å². The number of benzene rings is 1. The molecule has 0 aliphatic rings. The van der Waals surface area contributed by atoms with E-state index in [-0.39, 0.29) is 0 Å². The van der Waals surface area contributed by atoms with E-state index in [0.29, 0.717) is 19.1 Å². The van der Waals surface area contributed by atoms with Crippen LogP contribution in [0.15, 0.2) is 27.6 Å². The second-order valence-corrected chi connectivity index (χ2v) is 10.3. The van der Waals surface area contributed by atoms with Gasteiger partial charge in [-0.3, -0.25) is 4.68 Å². The molecule has 0 saturated heterocycles. The van der Waals surface area contributed by atoms with E-state index in [0.717, 1.165) is 17.0 Å². The molecule has 0 unspecified atom stereocenters. The number of aryl methyl sites for hydroxylation is 1. The smallest absolute Gasteiger partial charge is 0.436 e. The predicted octanol–water partition coefficient (Wildman–Crippen LogP) is 3.97. The van der Waals surface area contributed by atoms with E-state index in [9.17, 15) is 43.2 Å². The number of hydrogen-bond acceptors (Lipinski definition) is 6. The number of halogens is 7. The van der Waals surface area contributed by atoms with Crippen molar-refractivity contribution in [3.05, 3.63) is 28.8 Å². The standard InChI is InChI=1S/C15H13ClF6N4O5S2/c1-7(25-33(29,30)15(20,21)22)23-10-6-8(4-5-9(10)14(17,18)19)31-12-11(16)13(26(2)24-12)32(3,27)28/h4-6H,1-3H3,(H,23,25). The summed E-state index contributed by atoms with van der Waals surface area (Å²) in [6.07, 6.45) is -4.17. The molecule has 184 valence electrons.